The fourth-order valence-corrected chi connectivity index (χ4v) is 4.46. The molecular formula is C23H24N2O3. The molecule has 0 fully saturated rings. The van der Waals surface area contributed by atoms with Gasteiger partial charge in [-0.05, 0) is 60.2 Å². The molecule has 0 spiro atoms. The minimum absolute atomic E-state index is 0.0281. The van der Waals surface area contributed by atoms with E-state index in [1.54, 1.807) is 7.11 Å². The predicted molar refractivity (Wildman–Crippen MR) is 108 cm³/mol. The van der Waals surface area contributed by atoms with Gasteiger partial charge in [-0.15, -0.1) is 0 Å². The summed E-state index contributed by atoms with van der Waals surface area (Å²) in [7, 11) is 1.69. The number of rotatable bonds is 4. The number of fused-ring (bicyclic) bond motifs is 4. The lowest BCUT2D eigenvalue weighted by molar-refractivity contribution is -0.121. The third kappa shape index (κ3) is 3.01. The quantitative estimate of drug-likeness (QED) is 0.727. The zero-order valence-electron chi connectivity index (χ0n) is 16.0. The van der Waals surface area contributed by atoms with Crippen LogP contribution in [0.4, 0.5) is 0 Å². The number of aromatic nitrogens is 1. The molecule has 1 aliphatic heterocycles. The van der Waals surface area contributed by atoms with Crippen molar-refractivity contribution >= 4 is 16.8 Å². The van der Waals surface area contributed by atoms with Gasteiger partial charge in [0.1, 0.15) is 11.5 Å². The Morgan fingerprint density at radius 1 is 1.25 bits per heavy atom. The lowest BCUT2D eigenvalue weighted by Gasteiger charge is -2.24. The first-order valence-corrected chi connectivity index (χ1v) is 9.94. The molecule has 5 nitrogen and oxygen atoms in total. The van der Waals surface area contributed by atoms with Crippen molar-refractivity contribution in [2.45, 2.75) is 38.1 Å². The van der Waals surface area contributed by atoms with Gasteiger partial charge in [0, 0.05) is 23.0 Å². The molecular weight excluding hydrogens is 352 g/mol. The van der Waals surface area contributed by atoms with E-state index in [9.17, 15) is 4.79 Å². The maximum absolute atomic E-state index is 12.7. The summed E-state index contributed by atoms with van der Waals surface area (Å²) in [5.74, 6) is 1.83. The normalized spacial score (nSPS) is 17.7. The van der Waals surface area contributed by atoms with Gasteiger partial charge in [-0.25, -0.2) is 0 Å². The minimum Gasteiger partial charge on any atom is -0.497 e. The number of carbonyl (C=O) groups excluding carboxylic acids is 1. The first-order chi connectivity index (χ1) is 13.7. The smallest absolute Gasteiger partial charge is 0.224 e. The molecule has 1 aliphatic carbocycles. The first-order valence-electron chi connectivity index (χ1n) is 9.94. The summed E-state index contributed by atoms with van der Waals surface area (Å²) in [6, 6.07) is 12.2. The van der Waals surface area contributed by atoms with Gasteiger partial charge in [0.05, 0.1) is 26.2 Å². The van der Waals surface area contributed by atoms with E-state index in [2.05, 4.69) is 28.5 Å². The van der Waals surface area contributed by atoms with E-state index in [1.165, 1.54) is 16.5 Å². The van der Waals surface area contributed by atoms with Gasteiger partial charge in [-0.3, -0.25) is 4.79 Å². The van der Waals surface area contributed by atoms with Crippen LogP contribution in [0.15, 0.2) is 36.4 Å². The van der Waals surface area contributed by atoms with Crippen molar-refractivity contribution in [3.05, 3.63) is 58.8 Å². The molecule has 2 N–H and O–H groups in total. The summed E-state index contributed by atoms with van der Waals surface area (Å²) in [5, 5.41) is 4.44. The van der Waals surface area contributed by atoms with E-state index in [4.69, 9.17) is 9.47 Å². The van der Waals surface area contributed by atoms with Crippen LogP contribution in [0.5, 0.6) is 11.5 Å². The zero-order valence-corrected chi connectivity index (χ0v) is 16.0. The Morgan fingerprint density at radius 3 is 3.07 bits per heavy atom. The summed E-state index contributed by atoms with van der Waals surface area (Å²) in [4.78, 5) is 16.3. The summed E-state index contributed by atoms with van der Waals surface area (Å²) in [6.45, 7) is 0.737. The Kier molecular flexibility index (Phi) is 4.23. The minimum atomic E-state index is 0.0281. The van der Waals surface area contributed by atoms with E-state index in [-0.39, 0.29) is 11.9 Å². The number of hydrogen-bond donors (Lipinski definition) is 2. The highest BCUT2D eigenvalue weighted by molar-refractivity contribution is 5.87. The monoisotopic (exact) mass is 376 g/mol. The second-order valence-electron chi connectivity index (χ2n) is 7.66. The van der Waals surface area contributed by atoms with Gasteiger partial charge in [0.2, 0.25) is 5.91 Å². The van der Waals surface area contributed by atoms with Crippen LogP contribution in [0.3, 0.4) is 0 Å². The number of amides is 1. The Hall–Kier alpha value is -2.95. The van der Waals surface area contributed by atoms with Crippen LogP contribution >= 0.6 is 0 Å². The molecule has 144 valence electrons. The molecule has 5 rings (SSSR count). The van der Waals surface area contributed by atoms with E-state index in [0.717, 1.165) is 60.6 Å². The average molecular weight is 376 g/mol. The molecule has 2 heterocycles. The first kappa shape index (κ1) is 17.2. The van der Waals surface area contributed by atoms with Crippen molar-refractivity contribution in [1.82, 2.24) is 10.3 Å². The van der Waals surface area contributed by atoms with Crippen LogP contribution in [-0.4, -0.2) is 24.6 Å². The summed E-state index contributed by atoms with van der Waals surface area (Å²) >= 11 is 0. The number of aryl methyl sites for hydroxylation is 1. The lowest BCUT2D eigenvalue weighted by Crippen LogP contribution is -2.32. The number of ether oxygens (including phenoxy) is 2. The van der Waals surface area contributed by atoms with Gasteiger partial charge in [-0.2, -0.15) is 0 Å². The fraction of sp³-hybridized carbons (Fsp3) is 0.348. The van der Waals surface area contributed by atoms with Gasteiger partial charge in [-0.1, -0.05) is 12.1 Å². The van der Waals surface area contributed by atoms with Crippen molar-refractivity contribution in [2.24, 2.45) is 0 Å². The highest BCUT2D eigenvalue weighted by Gasteiger charge is 2.26. The maximum Gasteiger partial charge on any atom is 0.224 e. The molecule has 1 aromatic heterocycles. The Labute approximate surface area is 164 Å². The fourth-order valence-electron chi connectivity index (χ4n) is 4.46. The van der Waals surface area contributed by atoms with E-state index in [1.807, 2.05) is 18.2 Å². The number of hydrogen-bond acceptors (Lipinski definition) is 3. The van der Waals surface area contributed by atoms with E-state index in [0.29, 0.717) is 6.42 Å². The van der Waals surface area contributed by atoms with Crippen molar-refractivity contribution in [1.29, 1.82) is 0 Å². The standard InChI is InChI=1S/C23H24N2O3/c1-27-16-7-8-19-18(13-16)17-3-2-4-20(23(17)25-19)24-22(26)12-14-5-6-15-9-10-28-21(15)11-14/h5-8,11,13,20,25H,2-4,9-10,12H2,1H3,(H,24,26)/t20-/m1/s1. The molecule has 0 saturated carbocycles. The van der Waals surface area contributed by atoms with Crippen LogP contribution < -0.4 is 14.8 Å². The van der Waals surface area contributed by atoms with Crippen molar-refractivity contribution < 1.29 is 14.3 Å². The Balaban J connectivity index is 1.35. The molecule has 1 atom stereocenters. The van der Waals surface area contributed by atoms with Gasteiger partial charge in [0.15, 0.2) is 0 Å². The van der Waals surface area contributed by atoms with Crippen LogP contribution in [0.1, 0.15) is 41.3 Å². The largest absolute Gasteiger partial charge is 0.497 e. The second-order valence-corrected chi connectivity index (χ2v) is 7.66. The second kappa shape index (κ2) is 6.89. The van der Waals surface area contributed by atoms with Gasteiger partial charge >= 0.3 is 0 Å². The third-order valence-electron chi connectivity index (χ3n) is 5.87. The number of benzene rings is 2. The van der Waals surface area contributed by atoms with E-state index < -0.39 is 0 Å². The number of aromatic amines is 1. The molecule has 2 aliphatic rings. The Morgan fingerprint density at radius 2 is 2.18 bits per heavy atom. The topological polar surface area (TPSA) is 63.3 Å². The summed E-state index contributed by atoms with van der Waals surface area (Å²) in [5.41, 5.74) is 5.77. The highest BCUT2D eigenvalue weighted by atomic mass is 16.5. The molecule has 0 unspecified atom stereocenters. The van der Waals surface area contributed by atoms with Crippen LogP contribution in [0.2, 0.25) is 0 Å². The van der Waals surface area contributed by atoms with Crippen LogP contribution in [0, 0.1) is 0 Å². The predicted octanol–water partition coefficient (Wildman–Crippen LogP) is 3.85. The molecule has 3 aromatic rings. The molecule has 1 amide bonds. The molecule has 28 heavy (non-hydrogen) atoms. The maximum atomic E-state index is 12.7. The number of H-pyrrole nitrogens is 1. The van der Waals surface area contributed by atoms with Crippen molar-refractivity contribution in [3.63, 3.8) is 0 Å². The summed E-state index contributed by atoms with van der Waals surface area (Å²) < 4.78 is 11.0. The van der Waals surface area contributed by atoms with Crippen LogP contribution in [0.25, 0.3) is 10.9 Å². The molecule has 0 bridgehead atoms. The van der Waals surface area contributed by atoms with Gasteiger partial charge < -0.3 is 19.8 Å². The number of methoxy groups -OCH3 is 1. The number of carbonyl (C=O) groups is 1. The summed E-state index contributed by atoms with van der Waals surface area (Å²) in [6.07, 6.45) is 4.37. The molecule has 2 aromatic carbocycles. The average Bonchev–Trinajstić information content (AvgIpc) is 3.32. The van der Waals surface area contributed by atoms with Crippen molar-refractivity contribution in [3.8, 4) is 11.5 Å². The highest BCUT2D eigenvalue weighted by Crippen LogP contribution is 2.36. The molecule has 0 radical (unpaired) electrons. The van der Waals surface area contributed by atoms with Crippen LogP contribution in [-0.2, 0) is 24.1 Å². The zero-order chi connectivity index (χ0) is 19.1. The Bertz CT molecular complexity index is 1050. The molecule has 0 saturated heterocycles. The van der Waals surface area contributed by atoms with Crippen molar-refractivity contribution in [2.75, 3.05) is 13.7 Å². The number of nitrogens with one attached hydrogen (secondary N) is 2. The third-order valence-corrected chi connectivity index (χ3v) is 5.87. The lowest BCUT2D eigenvalue weighted by atomic mass is 9.91. The molecule has 5 heteroatoms. The SMILES string of the molecule is COc1ccc2[nH]c3c(c2c1)CCC[C@H]3NC(=O)Cc1ccc2c(c1)OCC2. The van der Waals surface area contributed by atoms with E-state index >= 15 is 0 Å². The van der Waals surface area contributed by atoms with Gasteiger partial charge in [0.25, 0.3) is 0 Å².